The molecule has 0 fully saturated rings. The van der Waals surface area contributed by atoms with E-state index >= 15 is 0 Å². The number of aryl methyl sites for hydroxylation is 1. The molecule has 0 aliphatic rings. The summed E-state index contributed by atoms with van der Waals surface area (Å²) in [7, 11) is 1.40. The molecule has 0 aliphatic carbocycles. The topological polar surface area (TPSA) is 148 Å². The third-order valence-corrected chi connectivity index (χ3v) is 6.25. The number of ether oxygens (including phenoxy) is 1. The van der Waals surface area contributed by atoms with E-state index in [1.165, 1.54) is 25.3 Å². The van der Waals surface area contributed by atoms with E-state index in [9.17, 15) is 19.8 Å². The number of carbonyl (C=O) groups excluding carboxylic acids is 1. The third kappa shape index (κ3) is 6.39. The molecule has 0 aliphatic heterocycles. The van der Waals surface area contributed by atoms with Gasteiger partial charge in [0.2, 0.25) is 23.0 Å². The molecule has 3 rings (SSSR count). The van der Waals surface area contributed by atoms with Crippen molar-refractivity contribution in [3.8, 4) is 17.2 Å². The summed E-state index contributed by atoms with van der Waals surface area (Å²) >= 11 is 1.62. The molecule has 11 heteroatoms. The van der Waals surface area contributed by atoms with Crippen LogP contribution in [0.25, 0.3) is 0 Å². The molecular weight excluding hydrogens is 486 g/mol. The normalized spacial score (nSPS) is 12.9. The van der Waals surface area contributed by atoms with Crippen molar-refractivity contribution < 1.29 is 28.7 Å². The molecule has 10 nitrogen and oxygen atoms in total. The van der Waals surface area contributed by atoms with Crippen LogP contribution in [0.5, 0.6) is 17.2 Å². The number of nitrogens with zero attached hydrogens (tertiary/aromatic N) is 2. The van der Waals surface area contributed by atoms with E-state index in [4.69, 9.17) is 13.7 Å². The first-order valence-corrected chi connectivity index (χ1v) is 12.9. The first kappa shape index (κ1) is 27.1. The highest BCUT2D eigenvalue weighted by Gasteiger charge is 2.29. The average Bonchev–Trinajstić information content (AvgIpc) is 3.34. The molecule has 0 bridgehead atoms. The van der Waals surface area contributed by atoms with Gasteiger partial charge >= 0.3 is 0 Å². The van der Waals surface area contributed by atoms with Crippen LogP contribution < -0.4 is 15.5 Å². The Bertz CT molecular complexity index is 1250. The number of benzene rings is 1. The van der Waals surface area contributed by atoms with E-state index in [1.54, 1.807) is 24.8 Å². The number of phenolic OH excluding ortho intramolecular Hbond substituents is 1. The second-order valence-electron chi connectivity index (χ2n) is 8.67. The predicted molar refractivity (Wildman–Crippen MR) is 135 cm³/mol. The lowest BCUT2D eigenvalue weighted by molar-refractivity contribution is -0.122. The van der Waals surface area contributed by atoms with Gasteiger partial charge in [-0.25, -0.2) is 0 Å². The van der Waals surface area contributed by atoms with Gasteiger partial charge in [-0.3, -0.25) is 9.59 Å². The van der Waals surface area contributed by atoms with Gasteiger partial charge in [0.25, 0.3) is 0 Å². The highest BCUT2D eigenvalue weighted by atomic mass is 32.2. The molecule has 0 unspecified atom stereocenters. The summed E-state index contributed by atoms with van der Waals surface area (Å²) in [6.07, 6.45) is 2.35. The Hall–Kier alpha value is -3.47. The molecule has 0 saturated heterocycles. The summed E-state index contributed by atoms with van der Waals surface area (Å²) in [6.45, 7) is 5.48. The molecular formula is C25H31N3O7S. The van der Waals surface area contributed by atoms with Gasteiger partial charge in [-0.2, -0.15) is 16.7 Å². The van der Waals surface area contributed by atoms with E-state index in [0.717, 1.165) is 5.75 Å². The number of rotatable bonds is 11. The number of phenols is 1. The number of nitrogens with one attached hydrogen (secondary N) is 1. The second kappa shape index (κ2) is 12.0. The number of carbonyl (C=O) groups is 1. The first-order chi connectivity index (χ1) is 17.1. The second-order valence-corrected chi connectivity index (χ2v) is 9.65. The molecule has 0 saturated carbocycles. The van der Waals surface area contributed by atoms with Gasteiger partial charge in [0, 0.05) is 18.4 Å². The SMILES string of the molecule is COc1cc([C@H](CC(=O)N[C@@H](CCSC)c2nc(C(C)C)no2)c2oc(C)cc(=O)c2O)ccc1O. The van der Waals surface area contributed by atoms with Crippen LogP contribution in [-0.2, 0) is 4.79 Å². The lowest BCUT2D eigenvalue weighted by Crippen LogP contribution is -2.30. The van der Waals surface area contributed by atoms with Crippen LogP contribution in [0.4, 0.5) is 0 Å². The Morgan fingerprint density at radius 2 is 2.00 bits per heavy atom. The molecule has 1 amide bonds. The number of hydrogen-bond acceptors (Lipinski definition) is 10. The van der Waals surface area contributed by atoms with Crippen molar-refractivity contribution in [2.24, 2.45) is 0 Å². The zero-order valence-electron chi connectivity index (χ0n) is 20.9. The molecule has 3 N–H and O–H groups in total. The Kier molecular flexibility index (Phi) is 9.03. The van der Waals surface area contributed by atoms with Crippen molar-refractivity contribution in [2.45, 2.75) is 51.5 Å². The molecule has 2 atom stereocenters. The first-order valence-electron chi connectivity index (χ1n) is 11.5. The summed E-state index contributed by atoms with van der Waals surface area (Å²) in [4.78, 5) is 30.0. The lowest BCUT2D eigenvalue weighted by atomic mass is 9.91. The lowest BCUT2D eigenvalue weighted by Gasteiger charge is -2.20. The minimum atomic E-state index is -0.845. The highest BCUT2D eigenvalue weighted by Crippen LogP contribution is 2.37. The molecule has 2 aromatic heterocycles. The van der Waals surface area contributed by atoms with Crippen LogP contribution in [0.1, 0.15) is 73.4 Å². The van der Waals surface area contributed by atoms with Crippen LogP contribution >= 0.6 is 11.8 Å². The standard InChI is InChI=1S/C25H31N3O7S/c1-13(2)24-27-25(35-28-24)17(8-9-36-5)26-21(31)12-16(15-6-7-18(29)20(11-15)33-4)23-22(32)19(30)10-14(3)34-23/h6-7,10-11,13,16-17,29,32H,8-9,12H2,1-5H3,(H,26,31)/t16-,17-/m0/s1. The van der Waals surface area contributed by atoms with E-state index in [0.29, 0.717) is 23.7 Å². The van der Waals surface area contributed by atoms with Crippen molar-refractivity contribution in [1.29, 1.82) is 0 Å². The van der Waals surface area contributed by atoms with Crippen LogP contribution in [0, 0.1) is 6.92 Å². The van der Waals surface area contributed by atoms with Gasteiger partial charge in [-0.1, -0.05) is 25.1 Å². The smallest absolute Gasteiger partial charge is 0.249 e. The molecule has 36 heavy (non-hydrogen) atoms. The quantitative estimate of drug-likeness (QED) is 0.341. The minimum Gasteiger partial charge on any atom is -0.504 e. The molecule has 0 radical (unpaired) electrons. The van der Waals surface area contributed by atoms with Crippen molar-refractivity contribution >= 4 is 17.7 Å². The minimum absolute atomic E-state index is 0.0524. The number of aromatic nitrogens is 2. The molecule has 1 aromatic carbocycles. The number of aromatic hydroxyl groups is 2. The zero-order chi connectivity index (χ0) is 26.4. The fourth-order valence-corrected chi connectivity index (χ4v) is 4.16. The van der Waals surface area contributed by atoms with Crippen molar-refractivity contribution in [3.63, 3.8) is 0 Å². The highest BCUT2D eigenvalue weighted by molar-refractivity contribution is 7.98. The number of thioether (sulfide) groups is 1. The van der Waals surface area contributed by atoms with Gasteiger partial charge < -0.3 is 29.2 Å². The number of methoxy groups -OCH3 is 1. The van der Waals surface area contributed by atoms with Crippen molar-refractivity contribution in [1.82, 2.24) is 15.5 Å². The van der Waals surface area contributed by atoms with Crippen LogP contribution in [0.15, 0.2) is 38.0 Å². The summed E-state index contributed by atoms with van der Waals surface area (Å²) < 4.78 is 16.3. The monoisotopic (exact) mass is 517 g/mol. The van der Waals surface area contributed by atoms with Gasteiger partial charge in [0.05, 0.1) is 13.0 Å². The molecule has 194 valence electrons. The largest absolute Gasteiger partial charge is 0.504 e. The number of amides is 1. The number of hydrogen-bond donors (Lipinski definition) is 3. The average molecular weight is 518 g/mol. The van der Waals surface area contributed by atoms with Crippen LogP contribution in [0.3, 0.4) is 0 Å². The Morgan fingerprint density at radius 3 is 2.64 bits per heavy atom. The summed E-state index contributed by atoms with van der Waals surface area (Å²) in [5.41, 5.74) is -0.112. The van der Waals surface area contributed by atoms with E-state index in [1.807, 2.05) is 20.1 Å². The zero-order valence-corrected chi connectivity index (χ0v) is 21.7. The fourth-order valence-electron chi connectivity index (χ4n) is 3.69. The van der Waals surface area contributed by atoms with Crippen LogP contribution in [-0.4, -0.2) is 45.4 Å². The van der Waals surface area contributed by atoms with Gasteiger partial charge in [0.15, 0.2) is 23.1 Å². The van der Waals surface area contributed by atoms with Gasteiger partial charge in [-0.05, 0) is 43.0 Å². The van der Waals surface area contributed by atoms with Gasteiger partial charge in [-0.15, -0.1) is 0 Å². The van der Waals surface area contributed by atoms with Crippen LogP contribution in [0.2, 0.25) is 0 Å². The summed E-state index contributed by atoms with van der Waals surface area (Å²) in [5.74, 6) is 0.194. The Labute approximate surface area is 213 Å². The molecule has 0 spiro atoms. The third-order valence-electron chi connectivity index (χ3n) is 5.60. The Morgan fingerprint density at radius 1 is 1.25 bits per heavy atom. The molecule has 2 heterocycles. The maximum absolute atomic E-state index is 13.3. The van der Waals surface area contributed by atoms with E-state index < -0.39 is 23.1 Å². The summed E-state index contributed by atoms with van der Waals surface area (Å²) in [6, 6.07) is 5.19. The van der Waals surface area contributed by atoms with E-state index in [-0.39, 0.29) is 41.3 Å². The van der Waals surface area contributed by atoms with Gasteiger partial charge in [0.1, 0.15) is 11.8 Å². The fraction of sp³-hybridized carbons (Fsp3) is 0.440. The molecule has 3 aromatic rings. The maximum atomic E-state index is 13.3. The van der Waals surface area contributed by atoms with Crippen molar-refractivity contribution in [3.05, 3.63) is 63.3 Å². The van der Waals surface area contributed by atoms with E-state index in [2.05, 4.69) is 15.5 Å². The maximum Gasteiger partial charge on any atom is 0.249 e. The van der Waals surface area contributed by atoms with Crippen molar-refractivity contribution in [2.75, 3.05) is 19.1 Å². The Balaban J connectivity index is 1.96. The predicted octanol–water partition coefficient (Wildman–Crippen LogP) is 4.01. The summed E-state index contributed by atoms with van der Waals surface area (Å²) in [5, 5.41) is 27.5.